The van der Waals surface area contributed by atoms with E-state index >= 15 is 0 Å². The summed E-state index contributed by atoms with van der Waals surface area (Å²) in [5.41, 5.74) is 0.316. The Morgan fingerprint density at radius 3 is 2.94 bits per heavy atom. The van der Waals surface area contributed by atoms with Crippen molar-refractivity contribution < 1.29 is 14.3 Å². The maximum Gasteiger partial charge on any atom is 0.251 e. The zero-order valence-electron chi connectivity index (χ0n) is 9.24. The fourth-order valence-corrected chi connectivity index (χ4v) is 1.41. The van der Waals surface area contributed by atoms with Gasteiger partial charge in [-0.1, -0.05) is 6.07 Å². The molecule has 0 spiro atoms. The third-order valence-electron chi connectivity index (χ3n) is 2.26. The molecule has 1 amide bonds. The van der Waals surface area contributed by atoms with E-state index in [0.717, 1.165) is 0 Å². The highest BCUT2D eigenvalue weighted by molar-refractivity contribution is 5.94. The van der Waals surface area contributed by atoms with Crippen molar-refractivity contribution in [1.29, 1.82) is 0 Å². The summed E-state index contributed by atoms with van der Waals surface area (Å²) >= 11 is 0. The van der Waals surface area contributed by atoms with Gasteiger partial charge in [-0.15, -0.1) is 0 Å². The van der Waals surface area contributed by atoms with Gasteiger partial charge in [-0.05, 0) is 38.0 Å². The number of aliphatic hydroxyl groups is 1. The van der Waals surface area contributed by atoms with E-state index in [-0.39, 0.29) is 18.6 Å². The highest BCUT2D eigenvalue weighted by atomic mass is 19.1. The van der Waals surface area contributed by atoms with Gasteiger partial charge in [0.25, 0.3) is 5.91 Å². The Morgan fingerprint density at radius 1 is 1.56 bits per heavy atom. The van der Waals surface area contributed by atoms with E-state index in [9.17, 15) is 9.18 Å². The predicted octanol–water partition coefficient (Wildman–Crippen LogP) is 1.72. The van der Waals surface area contributed by atoms with E-state index < -0.39 is 5.82 Å². The van der Waals surface area contributed by atoms with Gasteiger partial charge in [-0.3, -0.25) is 4.79 Å². The Hall–Kier alpha value is -1.42. The number of halogens is 1. The maximum atomic E-state index is 12.9. The van der Waals surface area contributed by atoms with Crippen LogP contribution in [0, 0.1) is 5.82 Å². The lowest BCUT2D eigenvalue weighted by atomic mass is 10.1. The molecule has 0 fully saturated rings. The first kappa shape index (κ1) is 12.6. The van der Waals surface area contributed by atoms with Gasteiger partial charge in [0.05, 0.1) is 0 Å². The average Bonchev–Trinajstić information content (AvgIpc) is 2.26. The van der Waals surface area contributed by atoms with E-state index in [1.54, 1.807) is 6.07 Å². The number of hydrogen-bond donors (Lipinski definition) is 2. The maximum absolute atomic E-state index is 12.9. The molecule has 0 aliphatic carbocycles. The number of carbonyl (C=O) groups is 1. The first-order valence-corrected chi connectivity index (χ1v) is 5.30. The average molecular weight is 225 g/mol. The number of nitrogens with one attached hydrogen (secondary N) is 1. The van der Waals surface area contributed by atoms with Crippen molar-refractivity contribution in [3.8, 4) is 0 Å². The van der Waals surface area contributed by atoms with Crippen LogP contribution in [-0.4, -0.2) is 23.7 Å². The van der Waals surface area contributed by atoms with Crippen LogP contribution in [0.15, 0.2) is 24.3 Å². The van der Waals surface area contributed by atoms with E-state index in [2.05, 4.69) is 5.32 Å². The Kier molecular flexibility index (Phi) is 4.92. The molecular weight excluding hydrogens is 209 g/mol. The van der Waals surface area contributed by atoms with E-state index in [1.807, 2.05) is 6.92 Å². The van der Waals surface area contributed by atoms with Crippen molar-refractivity contribution in [1.82, 2.24) is 5.32 Å². The van der Waals surface area contributed by atoms with Crippen LogP contribution in [-0.2, 0) is 0 Å². The lowest BCUT2D eigenvalue weighted by Gasteiger charge is -2.13. The van der Waals surface area contributed by atoms with Gasteiger partial charge in [0, 0.05) is 18.2 Å². The molecule has 0 aliphatic heterocycles. The lowest BCUT2D eigenvalue weighted by molar-refractivity contribution is 0.0936. The topological polar surface area (TPSA) is 49.3 Å². The molecule has 0 aromatic heterocycles. The smallest absolute Gasteiger partial charge is 0.251 e. The van der Waals surface area contributed by atoms with Crippen molar-refractivity contribution >= 4 is 5.91 Å². The molecule has 1 aromatic carbocycles. The van der Waals surface area contributed by atoms with Crippen LogP contribution in [0.25, 0.3) is 0 Å². The molecular formula is C12H16FNO2. The van der Waals surface area contributed by atoms with Crippen molar-refractivity contribution in [2.24, 2.45) is 0 Å². The summed E-state index contributed by atoms with van der Waals surface area (Å²) in [4.78, 5) is 11.6. The summed E-state index contributed by atoms with van der Waals surface area (Å²) in [5, 5.41) is 11.4. The minimum Gasteiger partial charge on any atom is -0.396 e. The van der Waals surface area contributed by atoms with Crippen LogP contribution in [0.5, 0.6) is 0 Å². The lowest BCUT2D eigenvalue weighted by Crippen LogP contribution is -2.32. The zero-order valence-corrected chi connectivity index (χ0v) is 9.24. The summed E-state index contributed by atoms with van der Waals surface area (Å²) in [5.74, 6) is -0.708. The summed E-state index contributed by atoms with van der Waals surface area (Å²) in [6.07, 6.45) is 1.35. The summed E-state index contributed by atoms with van der Waals surface area (Å²) in [6.45, 7) is 1.97. The van der Waals surface area contributed by atoms with Crippen LogP contribution in [0.2, 0.25) is 0 Å². The number of amides is 1. The summed E-state index contributed by atoms with van der Waals surface area (Å²) < 4.78 is 12.9. The highest BCUT2D eigenvalue weighted by Crippen LogP contribution is 2.04. The first-order chi connectivity index (χ1) is 7.63. The second-order valence-corrected chi connectivity index (χ2v) is 3.75. The normalized spacial score (nSPS) is 12.2. The van der Waals surface area contributed by atoms with Crippen molar-refractivity contribution in [3.63, 3.8) is 0 Å². The van der Waals surface area contributed by atoms with Crippen LogP contribution in [0.4, 0.5) is 4.39 Å². The monoisotopic (exact) mass is 225 g/mol. The van der Waals surface area contributed by atoms with Gasteiger partial charge in [0.1, 0.15) is 5.82 Å². The van der Waals surface area contributed by atoms with E-state index in [1.165, 1.54) is 18.2 Å². The number of hydrogen-bond acceptors (Lipinski definition) is 2. The van der Waals surface area contributed by atoms with Crippen LogP contribution < -0.4 is 5.32 Å². The van der Waals surface area contributed by atoms with Crippen LogP contribution >= 0.6 is 0 Å². The number of benzene rings is 1. The molecule has 1 rings (SSSR count). The fourth-order valence-electron chi connectivity index (χ4n) is 1.41. The largest absolute Gasteiger partial charge is 0.396 e. The Labute approximate surface area is 94.3 Å². The summed E-state index contributed by atoms with van der Waals surface area (Å²) in [6, 6.07) is 5.54. The molecule has 4 heteroatoms. The molecule has 3 nitrogen and oxygen atoms in total. The molecule has 16 heavy (non-hydrogen) atoms. The standard InChI is InChI=1S/C12H16FNO2/c1-9(4-3-7-15)14-12(16)10-5-2-6-11(13)8-10/h2,5-6,8-9,15H,3-4,7H2,1H3,(H,14,16). The second-order valence-electron chi connectivity index (χ2n) is 3.75. The Bertz CT molecular complexity index is 355. The molecule has 88 valence electrons. The molecule has 2 N–H and O–H groups in total. The predicted molar refractivity (Wildman–Crippen MR) is 59.6 cm³/mol. The molecule has 0 radical (unpaired) electrons. The summed E-state index contributed by atoms with van der Waals surface area (Å²) in [7, 11) is 0. The van der Waals surface area contributed by atoms with E-state index in [0.29, 0.717) is 18.4 Å². The van der Waals surface area contributed by atoms with Gasteiger partial charge >= 0.3 is 0 Å². The first-order valence-electron chi connectivity index (χ1n) is 5.30. The number of aliphatic hydroxyl groups excluding tert-OH is 1. The van der Waals surface area contributed by atoms with Crippen molar-refractivity contribution in [2.45, 2.75) is 25.8 Å². The Balaban J connectivity index is 2.52. The van der Waals surface area contributed by atoms with Crippen molar-refractivity contribution in [3.05, 3.63) is 35.6 Å². The van der Waals surface area contributed by atoms with Gasteiger partial charge in [-0.25, -0.2) is 4.39 Å². The highest BCUT2D eigenvalue weighted by Gasteiger charge is 2.09. The van der Waals surface area contributed by atoms with Crippen LogP contribution in [0.3, 0.4) is 0 Å². The molecule has 1 aromatic rings. The minimum absolute atomic E-state index is 0.0251. The molecule has 1 unspecified atom stereocenters. The molecule has 0 aliphatic rings. The van der Waals surface area contributed by atoms with Crippen LogP contribution in [0.1, 0.15) is 30.1 Å². The zero-order chi connectivity index (χ0) is 12.0. The molecule has 0 bridgehead atoms. The molecule has 1 atom stereocenters. The van der Waals surface area contributed by atoms with Gasteiger partial charge in [0.2, 0.25) is 0 Å². The SMILES string of the molecule is CC(CCCO)NC(=O)c1cccc(F)c1. The third-order valence-corrected chi connectivity index (χ3v) is 2.26. The Morgan fingerprint density at radius 2 is 2.31 bits per heavy atom. The second kappa shape index (κ2) is 6.23. The quantitative estimate of drug-likeness (QED) is 0.801. The minimum atomic E-state index is -0.421. The fraction of sp³-hybridized carbons (Fsp3) is 0.417. The van der Waals surface area contributed by atoms with E-state index in [4.69, 9.17) is 5.11 Å². The van der Waals surface area contributed by atoms with Gasteiger partial charge in [0.15, 0.2) is 0 Å². The van der Waals surface area contributed by atoms with Crippen molar-refractivity contribution in [2.75, 3.05) is 6.61 Å². The molecule has 0 heterocycles. The number of carbonyl (C=O) groups excluding carboxylic acids is 1. The third kappa shape index (κ3) is 3.98. The van der Waals surface area contributed by atoms with Gasteiger partial charge in [-0.2, -0.15) is 0 Å². The molecule has 0 saturated heterocycles. The molecule has 0 saturated carbocycles. The number of rotatable bonds is 5. The van der Waals surface area contributed by atoms with Gasteiger partial charge < -0.3 is 10.4 Å².